The number of nitrogens with zero attached hydrogens (tertiary/aromatic N) is 4. The predicted octanol–water partition coefficient (Wildman–Crippen LogP) is 1.35. The molecule has 2 aliphatic rings. The summed E-state index contributed by atoms with van der Waals surface area (Å²) in [4.78, 5) is 6.75. The van der Waals surface area contributed by atoms with Gasteiger partial charge >= 0.3 is 0 Å². The van der Waals surface area contributed by atoms with E-state index in [2.05, 4.69) is 50.5 Å². The minimum Gasteiger partial charge on any atom is -0.487 e. The van der Waals surface area contributed by atoms with Gasteiger partial charge in [-0.15, -0.1) is 5.10 Å². The highest BCUT2D eigenvalue weighted by molar-refractivity contribution is 5.64. The van der Waals surface area contributed by atoms with E-state index < -0.39 is 0 Å². The van der Waals surface area contributed by atoms with Crippen LogP contribution in [-0.4, -0.2) is 39.1 Å². The number of rotatable bonds is 1. The van der Waals surface area contributed by atoms with Gasteiger partial charge in [-0.2, -0.15) is 0 Å². The summed E-state index contributed by atoms with van der Waals surface area (Å²) in [6, 6.07) is 2.06. The lowest BCUT2D eigenvalue weighted by Gasteiger charge is -2.34. The summed E-state index contributed by atoms with van der Waals surface area (Å²) in [7, 11) is 0. The molecule has 0 saturated heterocycles. The van der Waals surface area contributed by atoms with Gasteiger partial charge in [0, 0.05) is 19.0 Å². The van der Waals surface area contributed by atoms with E-state index in [4.69, 9.17) is 4.74 Å². The third kappa shape index (κ3) is 2.18. The van der Waals surface area contributed by atoms with Crippen molar-refractivity contribution in [2.24, 2.45) is 0 Å². The first kappa shape index (κ1) is 12.4. The molecule has 0 radical (unpaired) electrons. The molecule has 0 aromatic carbocycles. The van der Waals surface area contributed by atoms with Crippen LogP contribution in [0.4, 0.5) is 11.5 Å². The lowest BCUT2D eigenvalue weighted by Crippen LogP contribution is -2.41. The van der Waals surface area contributed by atoms with E-state index in [9.17, 15) is 0 Å². The summed E-state index contributed by atoms with van der Waals surface area (Å²) in [5, 5.41) is 14.4. The van der Waals surface area contributed by atoms with Gasteiger partial charge in [-0.1, -0.05) is 5.21 Å². The van der Waals surface area contributed by atoms with Crippen LogP contribution in [0, 0.1) is 0 Å². The Bertz CT molecular complexity index is 680. The SMILES string of the molecule is CC1(C)COc2cnc(N3CCc4nn[nH]c4C3)cc2N1. The Balaban J connectivity index is 1.62. The van der Waals surface area contributed by atoms with Gasteiger partial charge in [0.05, 0.1) is 35.4 Å². The van der Waals surface area contributed by atoms with E-state index in [1.807, 2.05) is 0 Å². The quantitative estimate of drug-likeness (QED) is 0.823. The zero-order valence-electron chi connectivity index (χ0n) is 12.2. The third-order valence-corrected chi connectivity index (χ3v) is 3.91. The molecule has 7 nitrogen and oxygen atoms in total. The van der Waals surface area contributed by atoms with Crippen molar-refractivity contribution in [2.75, 3.05) is 23.4 Å². The van der Waals surface area contributed by atoms with Crippen LogP contribution in [0.2, 0.25) is 0 Å². The van der Waals surface area contributed by atoms with E-state index >= 15 is 0 Å². The number of aromatic amines is 1. The Kier molecular flexibility index (Phi) is 2.57. The summed E-state index contributed by atoms with van der Waals surface area (Å²) in [6.45, 7) is 6.56. The van der Waals surface area contributed by atoms with E-state index in [1.165, 1.54) is 0 Å². The second-order valence-electron chi connectivity index (χ2n) is 6.24. The van der Waals surface area contributed by atoms with E-state index in [-0.39, 0.29) is 5.54 Å². The average molecular weight is 286 g/mol. The molecule has 0 atom stereocenters. The van der Waals surface area contributed by atoms with Gasteiger partial charge in [0.25, 0.3) is 0 Å². The molecule has 0 fully saturated rings. The Labute approximate surface area is 122 Å². The van der Waals surface area contributed by atoms with Crippen LogP contribution >= 0.6 is 0 Å². The predicted molar refractivity (Wildman–Crippen MR) is 78.6 cm³/mol. The molecule has 2 aromatic heterocycles. The molecular formula is C14H18N6O. The molecule has 4 rings (SSSR count). The van der Waals surface area contributed by atoms with Gasteiger partial charge in [-0.3, -0.25) is 5.10 Å². The fraction of sp³-hybridized carbons (Fsp3) is 0.500. The summed E-state index contributed by atoms with van der Waals surface area (Å²) in [5.41, 5.74) is 3.08. The molecule has 0 bridgehead atoms. The van der Waals surface area contributed by atoms with Gasteiger partial charge in [-0.25, -0.2) is 4.98 Å². The van der Waals surface area contributed by atoms with Crippen molar-refractivity contribution in [3.05, 3.63) is 23.7 Å². The van der Waals surface area contributed by atoms with Crippen LogP contribution in [0.5, 0.6) is 5.75 Å². The smallest absolute Gasteiger partial charge is 0.160 e. The zero-order valence-corrected chi connectivity index (χ0v) is 12.2. The monoisotopic (exact) mass is 286 g/mol. The topological polar surface area (TPSA) is 79.0 Å². The molecule has 110 valence electrons. The molecular weight excluding hydrogens is 268 g/mol. The number of pyridine rings is 1. The van der Waals surface area contributed by atoms with Crippen LogP contribution < -0.4 is 15.0 Å². The molecule has 2 aliphatic heterocycles. The molecule has 0 saturated carbocycles. The Hall–Kier alpha value is -2.31. The number of H-pyrrole nitrogens is 1. The second kappa shape index (κ2) is 4.34. The Morgan fingerprint density at radius 3 is 3.19 bits per heavy atom. The van der Waals surface area contributed by atoms with E-state index in [0.717, 1.165) is 48.2 Å². The minimum absolute atomic E-state index is 0.0615. The first-order valence-electron chi connectivity index (χ1n) is 7.15. The first-order chi connectivity index (χ1) is 10.1. The number of anilines is 2. The maximum absolute atomic E-state index is 5.76. The molecule has 0 unspecified atom stereocenters. The van der Waals surface area contributed by atoms with Crippen LogP contribution in [0.15, 0.2) is 12.3 Å². The average Bonchev–Trinajstić information content (AvgIpc) is 2.93. The van der Waals surface area contributed by atoms with E-state index in [0.29, 0.717) is 6.61 Å². The Morgan fingerprint density at radius 2 is 2.29 bits per heavy atom. The number of ether oxygens (including phenoxy) is 1. The summed E-state index contributed by atoms with van der Waals surface area (Å²) in [5.74, 6) is 1.77. The highest BCUT2D eigenvalue weighted by atomic mass is 16.5. The van der Waals surface area contributed by atoms with Crippen molar-refractivity contribution < 1.29 is 4.74 Å². The van der Waals surface area contributed by atoms with Gasteiger partial charge in [0.15, 0.2) is 5.75 Å². The Morgan fingerprint density at radius 1 is 1.38 bits per heavy atom. The molecule has 0 aliphatic carbocycles. The van der Waals surface area contributed by atoms with Crippen LogP contribution in [0.1, 0.15) is 25.2 Å². The molecule has 4 heterocycles. The minimum atomic E-state index is -0.0615. The molecule has 2 aromatic rings. The van der Waals surface area contributed by atoms with Gasteiger partial charge in [-0.05, 0) is 13.8 Å². The fourth-order valence-electron chi connectivity index (χ4n) is 2.78. The number of fused-ring (bicyclic) bond motifs is 2. The highest BCUT2D eigenvalue weighted by Crippen LogP contribution is 2.34. The lowest BCUT2D eigenvalue weighted by molar-refractivity contribution is 0.241. The van der Waals surface area contributed by atoms with Crippen molar-refractivity contribution >= 4 is 11.5 Å². The molecule has 21 heavy (non-hydrogen) atoms. The second-order valence-corrected chi connectivity index (χ2v) is 6.24. The third-order valence-electron chi connectivity index (χ3n) is 3.91. The maximum atomic E-state index is 5.76. The van der Waals surface area contributed by atoms with Crippen LogP contribution in [0.25, 0.3) is 0 Å². The van der Waals surface area contributed by atoms with Crippen molar-refractivity contribution in [2.45, 2.75) is 32.4 Å². The molecule has 0 amide bonds. The normalized spacial score (nSPS) is 19.2. The first-order valence-corrected chi connectivity index (χ1v) is 7.15. The number of aromatic nitrogens is 4. The van der Waals surface area contributed by atoms with Crippen molar-refractivity contribution in [1.29, 1.82) is 0 Å². The number of hydrogen-bond donors (Lipinski definition) is 2. The summed E-state index contributed by atoms with van der Waals surface area (Å²) in [6.07, 6.45) is 2.69. The number of nitrogens with one attached hydrogen (secondary N) is 2. The number of hydrogen-bond acceptors (Lipinski definition) is 6. The molecule has 2 N–H and O–H groups in total. The van der Waals surface area contributed by atoms with Crippen LogP contribution in [0.3, 0.4) is 0 Å². The lowest BCUT2D eigenvalue weighted by atomic mass is 10.0. The highest BCUT2D eigenvalue weighted by Gasteiger charge is 2.27. The zero-order chi connectivity index (χ0) is 14.4. The largest absolute Gasteiger partial charge is 0.487 e. The fourth-order valence-corrected chi connectivity index (χ4v) is 2.78. The van der Waals surface area contributed by atoms with Crippen molar-refractivity contribution in [1.82, 2.24) is 20.4 Å². The standard InChI is InChI=1S/C14H18N6O/c1-14(2)8-21-12-6-15-13(5-10(12)16-14)20-4-3-9-11(7-20)18-19-17-9/h5-6,16H,3-4,7-8H2,1-2H3,(H,17,18,19). The summed E-state index contributed by atoms with van der Waals surface area (Å²) >= 11 is 0. The van der Waals surface area contributed by atoms with E-state index in [1.54, 1.807) is 6.20 Å². The van der Waals surface area contributed by atoms with Gasteiger partial charge < -0.3 is 15.0 Å². The summed E-state index contributed by atoms with van der Waals surface area (Å²) < 4.78 is 5.76. The van der Waals surface area contributed by atoms with Gasteiger partial charge in [0.1, 0.15) is 12.4 Å². The maximum Gasteiger partial charge on any atom is 0.160 e. The molecule has 7 heteroatoms. The van der Waals surface area contributed by atoms with Crippen LogP contribution in [-0.2, 0) is 13.0 Å². The van der Waals surface area contributed by atoms with Gasteiger partial charge in [0.2, 0.25) is 0 Å². The van der Waals surface area contributed by atoms with Crippen molar-refractivity contribution in [3.63, 3.8) is 0 Å². The molecule has 0 spiro atoms. The van der Waals surface area contributed by atoms with Crippen molar-refractivity contribution in [3.8, 4) is 5.75 Å².